The van der Waals surface area contributed by atoms with Crippen molar-refractivity contribution in [3.63, 3.8) is 0 Å². The molecule has 0 aliphatic heterocycles. The Morgan fingerprint density at radius 3 is 2.57 bits per heavy atom. The molecule has 2 aromatic heterocycles. The van der Waals surface area contributed by atoms with Gasteiger partial charge in [0, 0.05) is 29.9 Å². The van der Waals surface area contributed by atoms with E-state index in [2.05, 4.69) is 19.9 Å². The van der Waals surface area contributed by atoms with Crippen LogP contribution in [-0.2, 0) is 6.18 Å². The number of H-pyrrole nitrogens is 1. The number of fused-ring (bicyclic) bond motifs is 1. The van der Waals surface area contributed by atoms with Crippen LogP contribution in [0.15, 0.2) is 55.1 Å². The summed E-state index contributed by atoms with van der Waals surface area (Å²) in [5, 5.41) is 0.312. The molecule has 0 spiro atoms. The normalized spacial score (nSPS) is 11.6. The zero-order chi connectivity index (χ0) is 21.5. The van der Waals surface area contributed by atoms with Crippen molar-refractivity contribution in [3.8, 4) is 11.4 Å². The Hall–Kier alpha value is -3.75. The van der Waals surface area contributed by atoms with Gasteiger partial charge in [0.25, 0.3) is 5.91 Å². The highest BCUT2D eigenvalue weighted by Crippen LogP contribution is 2.32. The molecule has 9 heteroatoms. The molecular formula is C21H16F3N5O. The number of imidazole rings is 1. The van der Waals surface area contributed by atoms with E-state index in [1.165, 1.54) is 29.7 Å². The molecule has 0 fully saturated rings. The molecule has 152 valence electrons. The number of nitrogens with one attached hydrogen (secondary N) is 1. The van der Waals surface area contributed by atoms with Crippen molar-refractivity contribution < 1.29 is 18.0 Å². The Bertz CT molecular complexity index is 1240. The molecule has 6 nitrogen and oxygen atoms in total. The second-order valence-corrected chi connectivity index (χ2v) is 6.80. The maximum Gasteiger partial charge on any atom is 0.416 e. The van der Waals surface area contributed by atoms with Crippen molar-refractivity contribution in [3.05, 3.63) is 71.9 Å². The van der Waals surface area contributed by atoms with E-state index < -0.39 is 11.7 Å². The van der Waals surface area contributed by atoms with E-state index in [9.17, 15) is 18.0 Å². The van der Waals surface area contributed by atoms with Crippen molar-refractivity contribution >= 4 is 22.5 Å². The van der Waals surface area contributed by atoms with Gasteiger partial charge in [-0.2, -0.15) is 13.2 Å². The quantitative estimate of drug-likeness (QED) is 0.534. The number of amides is 1. The molecule has 0 saturated heterocycles. The van der Waals surface area contributed by atoms with E-state index in [-0.39, 0.29) is 5.91 Å². The summed E-state index contributed by atoms with van der Waals surface area (Å²) >= 11 is 0. The number of aromatic amines is 1. The van der Waals surface area contributed by atoms with E-state index in [0.717, 1.165) is 17.7 Å². The predicted octanol–water partition coefficient (Wildman–Crippen LogP) is 4.62. The van der Waals surface area contributed by atoms with Gasteiger partial charge in [0.15, 0.2) is 5.82 Å². The van der Waals surface area contributed by atoms with E-state index in [4.69, 9.17) is 0 Å². The summed E-state index contributed by atoms with van der Waals surface area (Å²) in [6.45, 7) is 1.85. The van der Waals surface area contributed by atoms with Crippen molar-refractivity contribution in [2.24, 2.45) is 0 Å². The zero-order valence-corrected chi connectivity index (χ0v) is 16.0. The first kappa shape index (κ1) is 19.6. The zero-order valence-electron chi connectivity index (χ0n) is 16.0. The number of carbonyl (C=O) groups excluding carboxylic acids is 1. The lowest BCUT2D eigenvalue weighted by atomic mass is 10.1. The maximum absolute atomic E-state index is 12.9. The third kappa shape index (κ3) is 3.61. The number of nitrogens with zero attached hydrogens (tertiary/aromatic N) is 4. The number of benzene rings is 2. The molecule has 30 heavy (non-hydrogen) atoms. The van der Waals surface area contributed by atoms with Gasteiger partial charge in [-0.1, -0.05) is 0 Å². The summed E-state index contributed by atoms with van der Waals surface area (Å²) in [7, 11) is 1.66. The van der Waals surface area contributed by atoms with Crippen molar-refractivity contribution in [2.75, 3.05) is 11.9 Å². The van der Waals surface area contributed by atoms with Gasteiger partial charge in [-0.25, -0.2) is 15.0 Å². The summed E-state index contributed by atoms with van der Waals surface area (Å²) in [5.74, 6) is 0.158. The molecule has 0 aliphatic carbocycles. The first-order chi connectivity index (χ1) is 14.2. The van der Waals surface area contributed by atoms with Gasteiger partial charge in [-0.05, 0) is 48.9 Å². The van der Waals surface area contributed by atoms with Gasteiger partial charge in [-0.3, -0.25) is 4.79 Å². The van der Waals surface area contributed by atoms with Crippen LogP contribution in [0, 0.1) is 6.92 Å². The van der Waals surface area contributed by atoms with Gasteiger partial charge >= 0.3 is 6.18 Å². The van der Waals surface area contributed by atoms with Gasteiger partial charge in [0.1, 0.15) is 5.69 Å². The minimum atomic E-state index is -4.42. The molecular weight excluding hydrogens is 395 g/mol. The lowest BCUT2D eigenvalue weighted by molar-refractivity contribution is -0.137. The van der Waals surface area contributed by atoms with Gasteiger partial charge in [0.2, 0.25) is 0 Å². The van der Waals surface area contributed by atoms with E-state index in [0.29, 0.717) is 33.7 Å². The molecule has 4 rings (SSSR count). The molecule has 0 aliphatic rings. The molecule has 1 amide bonds. The number of aromatic nitrogens is 4. The van der Waals surface area contributed by atoms with Gasteiger partial charge in [-0.15, -0.1) is 0 Å². The number of hydrogen-bond donors (Lipinski definition) is 1. The molecule has 0 atom stereocenters. The predicted molar refractivity (Wildman–Crippen MR) is 106 cm³/mol. The summed E-state index contributed by atoms with van der Waals surface area (Å²) in [4.78, 5) is 29.3. The summed E-state index contributed by atoms with van der Waals surface area (Å²) in [6.07, 6.45) is -0.148. The molecule has 1 N–H and O–H groups in total. The van der Waals surface area contributed by atoms with Crippen LogP contribution in [0.4, 0.5) is 18.9 Å². The van der Waals surface area contributed by atoms with Gasteiger partial charge < -0.3 is 9.88 Å². The monoisotopic (exact) mass is 411 g/mol. The number of hydrogen-bond acceptors (Lipinski definition) is 4. The van der Waals surface area contributed by atoms with Crippen LogP contribution in [0.3, 0.4) is 0 Å². The lowest BCUT2D eigenvalue weighted by Crippen LogP contribution is -2.27. The second kappa shape index (κ2) is 7.25. The average Bonchev–Trinajstić information content (AvgIpc) is 3.26. The fourth-order valence-corrected chi connectivity index (χ4v) is 3.18. The third-order valence-electron chi connectivity index (χ3n) is 4.76. The number of halogens is 3. The molecule has 2 heterocycles. The maximum atomic E-state index is 12.9. The summed E-state index contributed by atoms with van der Waals surface area (Å²) in [6, 6.07) is 8.75. The SMILES string of the molecule is Cc1cc(-c2ncc3cc(C(F)(F)F)ccc3n2)ccc1N(C)C(=O)c1cnc[nH]1. The number of aryl methyl sites for hydroxylation is 1. The average molecular weight is 411 g/mol. The summed E-state index contributed by atoms with van der Waals surface area (Å²) in [5.41, 5.74) is 2.27. The fourth-order valence-electron chi connectivity index (χ4n) is 3.18. The Morgan fingerprint density at radius 1 is 1.10 bits per heavy atom. The highest BCUT2D eigenvalue weighted by Gasteiger charge is 2.30. The van der Waals surface area contributed by atoms with Crippen molar-refractivity contribution in [1.82, 2.24) is 19.9 Å². The number of alkyl halides is 3. The Kier molecular flexibility index (Phi) is 4.73. The van der Waals surface area contributed by atoms with Crippen molar-refractivity contribution in [2.45, 2.75) is 13.1 Å². The molecule has 0 bridgehead atoms. The van der Waals surface area contributed by atoms with Crippen LogP contribution in [0.5, 0.6) is 0 Å². The minimum Gasteiger partial charge on any atom is -0.341 e. The minimum absolute atomic E-state index is 0.231. The Morgan fingerprint density at radius 2 is 1.90 bits per heavy atom. The van der Waals surface area contributed by atoms with E-state index in [1.807, 2.05) is 13.0 Å². The number of rotatable bonds is 3. The first-order valence-corrected chi connectivity index (χ1v) is 8.95. The topological polar surface area (TPSA) is 74.8 Å². The van der Waals surface area contributed by atoms with E-state index in [1.54, 1.807) is 19.2 Å². The standard InChI is InChI=1S/C21H16F3N5O/c1-12-7-13(3-6-18(12)29(2)20(30)17-10-25-11-27-17)19-26-9-14-8-15(21(22,23)24)4-5-16(14)28-19/h3-11H,1-2H3,(H,25,27). The van der Waals surface area contributed by atoms with Gasteiger partial charge in [0.05, 0.1) is 23.6 Å². The fraction of sp³-hybridized carbons (Fsp3) is 0.143. The van der Waals surface area contributed by atoms with Crippen LogP contribution in [0.1, 0.15) is 21.6 Å². The molecule has 2 aromatic carbocycles. The molecule has 0 saturated carbocycles. The van der Waals surface area contributed by atoms with Crippen molar-refractivity contribution in [1.29, 1.82) is 0 Å². The first-order valence-electron chi connectivity index (χ1n) is 8.95. The summed E-state index contributed by atoms with van der Waals surface area (Å²) < 4.78 is 38.6. The van der Waals surface area contributed by atoms with E-state index >= 15 is 0 Å². The Balaban J connectivity index is 1.65. The van der Waals surface area contributed by atoms with Crippen LogP contribution < -0.4 is 4.90 Å². The highest BCUT2D eigenvalue weighted by molar-refractivity contribution is 6.04. The van der Waals surface area contributed by atoms with Crippen LogP contribution in [0.25, 0.3) is 22.3 Å². The van der Waals surface area contributed by atoms with Crippen LogP contribution in [-0.4, -0.2) is 32.9 Å². The second-order valence-electron chi connectivity index (χ2n) is 6.80. The Labute approximate surface area is 169 Å². The third-order valence-corrected chi connectivity index (χ3v) is 4.76. The molecule has 0 radical (unpaired) electrons. The lowest BCUT2D eigenvalue weighted by Gasteiger charge is -2.19. The van der Waals surface area contributed by atoms with Crippen LogP contribution in [0.2, 0.25) is 0 Å². The highest BCUT2D eigenvalue weighted by atomic mass is 19.4. The molecule has 4 aromatic rings. The number of carbonyl (C=O) groups is 1. The van der Waals surface area contributed by atoms with Crippen LogP contribution >= 0.6 is 0 Å². The number of anilines is 1. The smallest absolute Gasteiger partial charge is 0.341 e. The molecule has 0 unspecified atom stereocenters. The largest absolute Gasteiger partial charge is 0.416 e.